The van der Waals surface area contributed by atoms with E-state index in [9.17, 15) is 5.11 Å². The number of benzene rings is 1. The molecular formula is C11H12N4O. The summed E-state index contributed by atoms with van der Waals surface area (Å²) in [4.78, 5) is 0. The van der Waals surface area contributed by atoms with Crippen LogP contribution in [0.4, 0.5) is 5.82 Å². The molecule has 0 bridgehead atoms. The van der Waals surface area contributed by atoms with Crippen LogP contribution in [0.15, 0.2) is 24.3 Å². The first-order valence-electron chi connectivity index (χ1n) is 5.26. The van der Waals surface area contributed by atoms with Crippen molar-refractivity contribution in [2.45, 2.75) is 18.9 Å². The van der Waals surface area contributed by atoms with Gasteiger partial charge in [0.15, 0.2) is 5.82 Å². The molecule has 0 unspecified atom stereocenters. The first kappa shape index (κ1) is 9.21. The number of phenols is 1. The molecule has 1 heterocycles. The van der Waals surface area contributed by atoms with Gasteiger partial charge in [-0.05, 0) is 25.0 Å². The maximum Gasteiger partial charge on any atom is 0.150 e. The Kier molecular flexibility index (Phi) is 1.86. The van der Waals surface area contributed by atoms with Crippen molar-refractivity contribution in [2.24, 2.45) is 0 Å². The average Bonchev–Trinajstić information content (AvgIpc) is 3.05. The van der Waals surface area contributed by atoms with Gasteiger partial charge in [0.2, 0.25) is 0 Å². The highest BCUT2D eigenvalue weighted by Gasteiger charge is 2.28. The Morgan fingerprint density at radius 2 is 2.06 bits per heavy atom. The highest BCUT2D eigenvalue weighted by molar-refractivity contribution is 5.74. The molecule has 1 saturated carbocycles. The Labute approximate surface area is 92.5 Å². The number of aromatic nitrogens is 3. The van der Waals surface area contributed by atoms with E-state index >= 15 is 0 Å². The zero-order valence-electron chi connectivity index (χ0n) is 8.67. The van der Waals surface area contributed by atoms with E-state index in [-0.39, 0.29) is 5.75 Å². The first-order valence-corrected chi connectivity index (χ1v) is 5.26. The van der Waals surface area contributed by atoms with Crippen molar-refractivity contribution in [2.75, 3.05) is 5.73 Å². The lowest BCUT2D eigenvalue weighted by Crippen LogP contribution is -2.02. The highest BCUT2D eigenvalue weighted by Crippen LogP contribution is 2.39. The monoisotopic (exact) mass is 216 g/mol. The molecule has 16 heavy (non-hydrogen) atoms. The number of aromatic hydroxyl groups is 1. The van der Waals surface area contributed by atoms with E-state index in [4.69, 9.17) is 5.73 Å². The molecule has 3 N–H and O–H groups in total. The molecule has 3 rings (SSSR count). The Morgan fingerprint density at radius 3 is 2.75 bits per heavy atom. The van der Waals surface area contributed by atoms with E-state index in [1.807, 2.05) is 6.07 Å². The molecule has 1 aliphatic rings. The van der Waals surface area contributed by atoms with Crippen LogP contribution in [0.1, 0.15) is 18.9 Å². The number of phenolic OH excluding ortho intramolecular Hbond substituents is 1. The highest BCUT2D eigenvalue weighted by atomic mass is 16.3. The van der Waals surface area contributed by atoms with E-state index in [1.165, 1.54) is 0 Å². The van der Waals surface area contributed by atoms with Crippen LogP contribution in [0.3, 0.4) is 0 Å². The smallest absolute Gasteiger partial charge is 0.150 e. The molecular weight excluding hydrogens is 204 g/mol. The SMILES string of the molecule is Nc1c(-c2ccccc2O)nnn1C1CC1. The number of nitrogen functional groups attached to an aromatic ring is 1. The summed E-state index contributed by atoms with van der Waals surface area (Å²) in [5, 5.41) is 17.8. The van der Waals surface area contributed by atoms with Gasteiger partial charge in [-0.1, -0.05) is 17.3 Å². The molecule has 0 radical (unpaired) electrons. The minimum Gasteiger partial charge on any atom is -0.507 e. The van der Waals surface area contributed by atoms with Crippen molar-refractivity contribution >= 4 is 5.82 Å². The summed E-state index contributed by atoms with van der Waals surface area (Å²) in [7, 11) is 0. The number of rotatable bonds is 2. The Hall–Kier alpha value is -2.04. The van der Waals surface area contributed by atoms with Crippen LogP contribution < -0.4 is 5.73 Å². The number of hydrogen-bond acceptors (Lipinski definition) is 4. The van der Waals surface area contributed by atoms with E-state index in [0.717, 1.165) is 12.8 Å². The van der Waals surface area contributed by atoms with Crippen molar-refractivity contribution in [1.82, 2.24) is 15.0 Å². The van der Waals surface area contributed by atoms with Gasteiger partial charge in [-0.2, -0.15) is 0 Å². The van der Waals surface area contributed by atoms with Gasteiger partial charge in [-0.3, -0.25) is 0 Å². The van der Waals surface area contributed by atoms with E-state index in [2.05, 4.69) is 10.3 Å². The molecule has 2 aromatic rings. The van der Waals surface area contributed by atoms with E-state index < -0.39 is 0 Å². The van der Waals surface area contributed by atoms with Crippen molar-refractivity contribution in [3.05, 3.63) is 24.3 Å². The van der Waals surface area contributed by atoms with Crippen LogP contribution in [-0.4, -0.2) is 20.1 Å². The molecule has 1 aromatic carbocycles. The average molecular weight is 216 g/mol. The van der Waals surface area contributed by atoms with E-state index in [0.29, 0.717) is 23.1 Å². The summed E-state index contributed by atoms with van der Waals surface area (Å²) < 4.78 is 1.74. The number of nitrogens with two attached hydrogens (primary N) is 1. The summed E-state index contributed by atoms with van der Waals surface area (Å²) in [6.07, 6.45) is 2.21. The third-order valence-electron chi connectivity index (χ3n) is 2.78. The molecule has 5 nitrogen and oxygen atoms in total. The van der Waals surface area contributed by atoms with Crippen LogP contribution in [0.5, 0.6) is 5.75 Å². The largest absolute Gasteiger partial charge is 0.507 e. The fraction of sp³-hybridized carbons (Fsp3) is 0.273. The quantitative estimate of drug-likeness (QED) is 0.798. The van der Waals surface area contributed by atoms with Gasteiger partial charge < -0.3 is 10.8 Å². The predicted molar refractivity (Wildman–Crippen MR) is 59.8 cm³/mol. The number of para-hydroxylation sites is 1. The Morgan fingerprint density at radius 1 is 1.31 bits per heavy atom. The van der Waals surface area contributed by atoms with Gasteiger partial charge in [0.05, 0.1) is 6.04 Å². The lowest BCUT2D eigenvalue weighted by atomic mass is 10.1. The fourth-order valence-electron chi connectivity index (χ4n) is 1.76. The van der Waals surface area contributed by atoms with Crippen molar-refractivity contribution < 1.29 is 5.11 Å². The van der Waals surface area contributed by atoms with Crippen LogP contribution >= 0.6 is 0 Å². The van der Waals surface area contributed by atoms with Gasteiger partial charge in [0.1, 0.15) is 11.4 Å². The maximum absolute atomic E-state index is 9.72. The van der Waals surface area contributed by atoms with Gasteiger partial charge in [0.25, 0.3) is 0 Å². The summed E-state index contributed by atoms with van der Waals surface area (Å²) in [5.74, 6) is 0.709. The first-order chi connectivity index (χ1) is 7.77. The number of anilines is 1. The second kappa shape index (κ2) is 3.23. The third-order valence-corrected chi connectivity index (χ3v) is 2.78. The van der Waals surface area contributed by atoms with Crippen molar-refractivity contribution in [3.63, 3.8) is 0 Å². The minimum absolute atomic E-state index is 0.178. The third kappa shape index (κ3) is 1.32. The minimum atomic E-state index is 0.178. The van der Waals surface area contributed by atoms with Gasteiger partial charge in [-0.15, -0.1) is 5.10 Å². The van der Waals surface area contributed by atoms with Crippen LogP contribution in [0, 0.1) is 0 Å². The standard InChI is InChI=1S/C11H12N4O/c12-11-10(8-3-1-2-4-9(8)16)13-14-15(11)7-5-6-7/h1-4,7,16H,5-6,12H2. The topological polar surface area (TPSA) is 77.0 Å². The van der Waals surface area contributed by atoms with E-state index in [1.54, 1.807) is 22.9 Å². The molecule has 0 atom stereocenters. The lowest BCUT2D eigenvalue weighted by Gasteiger charge is -2.02. The predicted octanol–water partition coefficient (Wildman–Crippen LogP) is 1.57. The fourth-order valence-corrected chi connectivity index (χ4v) is 1.76. The zero-order chi connectivity index (χ0) is 11.1. The summed E-state index contributed by atoms with van der Waals surface area (Å²) >= 11 is 0. The molecule has 0 aliphatic heterocycles. The molecule has 82 valence electrons. The van der Waals surface area contributed by atoms with Crippen LogP contribution in [-0.2, 0) is 0 Å². The van der Waals surface area contributed by atoms with Crippen molar-refractivity contribution in [3.8, 4) is 17.0 Å². The maximum atomic E-state index is 9.72. The second-order valence-corrected chi connectivity index (χ2v) is 4.02. The summed E-state index contributed by atoms with van der Waals surface area (Å²) in [5.41, 5.74) is 7.16. The van der Waals surface area contributed by atoms with Gasteiger partial charge in [0, 0.05) is 5.56 Å². The van der Waals surface area contributed by atoms with Crippen LogP contribution in [0.2, 0.25) is 0 Å². The van der Waals surface area contributed by atoms with Crippen molar-refractivity contribution in [1.29, 1.82) is 0 Å². The molecule has 1 aromatic heterocycles. The zero-order valence-corrected chi connectivity index (χ0v) is 8.67. The number of nitrogens with zero attached hydrogens (tertiary/aromatic N) is 3. The van der Waals surface area contributed by atoms with Gasteiger partial charge in [-0.25, -0.2) is 4.68 Å². The molecule has 5 heteroatoms. The lowest BCUT2D eigenvalue weighted by molar-refractivity contribution is 0.477. The molecule has 1 aliphatic carbocycles. The second-order valence-electron chi connectivity index (χ2n) is 4.02. The van der Waals surface area contributed by atoms with Gasteiger partial charge >= 0.3 is 0 Å². The Balaban J connectivity index is 2.10. The molecule has 1 fully saturated rings. The molecule has 0 saturated heterocycles. The summed E-state index contributed by atoms with van der Waals surface area (Å²) in [6, 6.07) is 7.40. The Bertz CT molecular complexity index is 531. The van der Waals surface area contributed by atoms with Crippen LogP contribution in [0.25, 0.3) is 11.3 Å². The molecule has 0 amide bonds. The number of hydrogen-bond donors (Lipinski definition) is 2. The molecule has 0 spiro atoms. The summed E-state index contributed by atoms with van der Waals surface area (Å²) in [6.45, 7) is 0. The normalized spacial score (nSPS) is 15.2.